The number of amides is 1. The van der Waals surface area contributed by atoms with Crippen LogP contribution in [0.25, 0.3) is 0 Å². The summed E-state index contributed by atoms with van der Waals surface area (Å²) in [5.74, 6) is -0.328. The number of aliphatic hydroxyl groups is 3. The molecule has 3 unspecified atom stereocenters. The van der Waals surface area contributed by atoms with E-state index in [1.165, 1.54) is 199 Å². The van der Waals surface area contributed by atoms with Gasteiger partial charge in [-0.05, 0) is 57.8 Å². The van der Waals surface area contributed by atoms with Gasteiger partial charge in [0.05, 0.1) is 31.3 Å². The van der Waals surface area contributed by atoms with Crippen LogP contribution in [-0.4, -0.2) is 46.1 Å². The minimum atomic E-state index is -0.954. The molecule has 5 heteroatoms. The largest absolute Gasteiger partial charge is 0.394 e. The highest BCUT2D eigenvalue weighted by atomic mass is 16.3. The molecular formula is C53H101NO4. The zero-order valence-electron chi connectivity index (χ0n) is 38.9. The standard InChI is InChI=1S/C53H101NO4/c1-3-5-7-9-11-13-15-17-19-21-23-25-26-27-29-31-33-35-37-39-41-43-45-47-52(57)51(49-55)54-53(58)48-50(56)46-44-42-40-38-36-34-32-30-28-24-22-20-18-16-14-12-10-8-6-4-2/h30,32,37,39,45,47,50-52,55-57H,3-29,31,33-36,38,40-44,46,48-49H2,1-2H3,(H,54,58)/b32-30-,39-37+,47-45+. The van der Waals surface area contributed by atoms with Crippen molar-refractivity contribution < 1.29 is 20.1 Å². The Balaban J connectivity index is 3.65. The average molecular weight is 816 g/mol. The summed E-state index contributed by atoms with van der Waals surface area (Å²) in [6.07, 6.45) is 61.7. The van der Waals surface area contributed by atoms with Gasteiger partial charge in [0.1, 0.15) is 0 Å². The summed E-state index contributed by atoms with van der Waals surface area (Å²) in [7, 11) is 0. The number of unbranched alkanes of at least 4 members (excludes halogenated alkanes) is 34. The summed E-state index contributed by atoms with van der Waals surface area (Å²) < 4.78 is 0. The molecule has 0 saturated carbocycles. The topological polar surface area (TPSA) is 89.8 Å². The Kier molecular flexibility index (Phi) is 47.0. The molecule has 0 aromatic rings. The fourth-order valence-electron chi connectivity index (χ4n) is 7.94. The van der Waals surface area contributed by atoms with Crippen molar-refractivity contribution in [3.63, 3.8) is 0 Å². The molecule has 0 aliphatic heterocycles. The van der Waals surface area contributed by atoms with Crippen LogP contribution in [0.4, 0.5) is 0 Å². The van der Waals surface area contributed by atoms with Gasteiger partial charge in [-0.3, -0.25) is 4.79 Å². The second-order valence-corrected chi connectivity index (χ2v) is 17.8. The van der Waals surface area contributed by atoms with Crippen LogP contribution < -0.4 is 5.32 Å². The Morgan fingerprint density at radius 1 is 0.431 bits per heavy atom. The Bertz CT molecular complexity index is 901. The molecule has 58 heavy (non-hydrogen) atoms. The van der Waals surface area contributed by atoms with Gasteiger partial charge in [0.15, 0.2) is 0 Å². The summed E-state index contributed by atoms with van der Waals surface area (Å²) in [6.45, 7) is 4.22. The summed E-state index contributed by atoms with van der Waals surface area (Å²) in [4.78, 5) is 12.5. The molecule has 0 fully saturated rings. The van der Waals surface area contributed by atoms with Gasteiger partial charge in [-0.25, -0.2) is 0 Å². The lowest BCUT2D eigenvalue weighted by Crippen LogP contribution is -2.45. The lowest BCUT2D eigenvalue weighted by molar-refractivity contribution is -0.124. The first-order valence-electron chi connectivity index (χ1n) is 25.8. The molecule has 0 aliphatic carbocycles. The van der Waals surface area contributed by atoms with Crippen molar-refractivity contribution >= 4 is 5.91 Å². The summed E-state index contributed by atoms with van der Waals surface area (Å²) >= 11 is 0. The van der Waals surface area contributed by atoms with Crippen LogP contribution in [0.2, 0.25) is 0 Å². The van der Waals surface area contributed by atoms with Crippen LogP contribution in [0.1, 0.15) is 271 Å². The first kappa shape index (κ1) is 56.6. The summed E-state index contributed by atoms with van der Waals surface area (Å²) in [6, 6.07) is -0.764. The molecule has 3 atom stereocenters. The zero-order chi connectivity index (χ0) is 42.3. The monoisotopic (exact) mass is 816 g/mol. The van der Waals surface area contributed by atoms with Crippen molar-refractivity contribution in [2.45, 2.75) is 289 Å². The molecule has 0 aromatic heterocycles. The number of aliphatic hydroxyl groups excluding tert-OH is 3. The maximum absolute atomic E-state index is 12.5. The van der Waals surface area contributed by atoms with Crippen LogP contribution >= 0.6 is 0 Å². The Morgan fingerprint density at radius 3 is 1.10 bits per heavy atom. The number of rotatable bonds is 47. The predicted molar refractivity (Wildman–Crippen MR) is 254 cm³/mol. The molecule has 0 rings (SSSR count). The first-order chi connectivity index (χ1) is 28.5. The van der Waals surface area contributed by atoms with Crippen LogP contribution in [0.5, 0.6) is 0 Å². The van der Waals surface area contributed by atoms with E-state index < -0.39 is 18.2 Å². The molecule has 342 valence electrons. The van der Waals surface area contributed by atoms with E-state index in [-0.39, 0.29) is 18.9 Å². The van der Waals surface area contributed by atoms with Gasteiger partial charge >= 0.3 is 0 Å². The highest BCUT2D eigenvalue weighted by Crippen LogP contribution is 2.16. The Morgan fingerprint density at radius 2 is 0.741 bits per heavy atom. The number of hydrogen-bond acceptors (Lipinski definition) is 4. The average Bonchev–Trinajstić information content (AvgIpc) is 3.22. The van der Waals surface area contributed by atoms with Gasteiger partial charge in [0.2, 0.25) is 5.91 Å². The van der Waals surface area contributed by atoms with Gasteiger partial charge in [0.25, 0.3) is 0 Å². The second kappa shape index (κ2) is 48.2. The van der Waals surface area contributed by atoms with Crippen molar-refractivity contribution in [1.82, 2.24) is 5.32 Å². The lowest BCUT2D eigenvalue weighted by atomic mass is 10.0. The third-order valence-electron chi connectivity index (χ3n) is 11.9. The highest BCUT2D eigenvalue weighted by molar-refractivity contribution is 5.76. The molecule has 4 N–H and O–H groups in total. The van der Waals surface area contributed by atoms with E-state index in [0.29, 0.717) is 6.42 Å². The summed E-state index contributed by atoms with van der Waals surface area (Å²) in [5, 5.41) is 33.3. The highest BCUT2D eigenvalue weighted by Gasteiger charge is 2.20. The van der Waals surface area contributed by atoms with Gasteiger partial charge in [-0.1, -0.05) is 243 Å². The minimum absolute atomic E-state index is 0.00108. The van der Waals surface area contributed by atoms with Gasteiger partial charge < -0.3 is 20.6 Å². The normalized spacial score (nSPS) is 13.7. The van der Waals surface area contributed by atoms with E-state index in [9.17, 15) is 20.1 Å². The van der Waals surface area contributed by atoms with E-state index in [2.05, 4.69) is 43.5 Å². The molecule has 0 aliphatic rings. The Hall–Kier alpha value is -1.43. The van der Waals surface area contributed by atoms with Crippen molar-refractivity contribution in [1.29, 1.82) is 0 Å². The van der Waals surface area contributed by atoms with Gasteiger partial charge in [0, 0.05) is 0 Å². The molecule has 1 amide bonds. The molecule has 0 saturated heterocycles. The first-order valence-corrected chi connectivity index (χ1v) is 25.8. The van der Waals surface area contributed by atoms with E-state index in [0.717, 1.165) is 44.9 Å². The van der Waals surface area contributed by atoms with Crippen LogP contribution in [0.15, 0.2) is 36.5 Å². The third kappa shape index (κ3) is 44.1. The van der Waals surface area contributed by atoms with Gasteiger partial charge in [-0.2, -0.15) is 0 Å². The smallest absolute Gasteiger partial charge is 0.222 e. The molecule has 5 nitrogen and oxygen atoms in total. The van der Waals surface area contributed by atoms with E-state index in [1.807, 2.05) is 6.08 Å². The molecule has 0 aromatic carbocycles. The summed E-state index contributed by atoms with van der Waals surface area (Å²) in [5.41, 5.74) is 0. The van der Waals surface area contributed by atoms with Crippen LogP contribution in [0, 0.1) is 0 Å². The number of nitrogens with one attached hydrogen (secondary N) is 1. The van der Waals surface area contributed by atoms with E-state index in [4.69, 9.17) is 0 Å². The predicted octanol–water partition coefficient (Wildman–Crippen LogP) is 15.5. The SMILES string of the molecule is CCCCCCCCCCCCC/C=C\CCCCCCCC(O)CC(=O)NC(CO)C(O)/C=C/CC/C=C/CCCCCCCCCCCCCCCCCCC. The number of hydrogen-bond donors (Lipinski definition) is 4. The van der Waals surface area contributed by atoms with Crippen LogP contribution in [-0.2, 0) is 4.79 Å². The van der Waals surface area contributed by atoms with Crippen molar-refractivity contribution in [3.05, 3.63) is 36.5 Å². The van der Waals surface area contributed by atoms with Crippen LogP contribution in [0.3, 0.4) is 0 Å². The number of carbonyl (C=O) groups excluding carboxylic acids is 1. The fraction of sp³-hybridized carbons (Fsp3) is 0.868. The van der Waals surface area contributed by atoms with Gasteiger partial charge in [-0.15, -0.1) is 0 Å². The molecule has 0 heterocycles. The molecule has 0 radical (unpaired) electrons. The van der Waals surface area contributed by atoms with E-state index >= 15 is 0 Å². The maximum Gasteiger partial charge on any atom is 0.222 e. The number of carbonyl (C=O) groups is 1. The van der Waals surface area contributed by atoms with Crippen molar-refractivity contribution in [2.75, 3.05) is 6.61 Å². The quantitative estimate of drug-likeness (QED) is 0.0364. The fourth-order valence-corrected chi connectivity index (χ4v) is 7.94. The minimum Gasteiger partial charge on any atom is -0.394 e. The van der Waals surface area contributed by atoms with Crippen molar-refractivity contribution in [2.24, 2.45) is 0 Å². The Labute approximate surface area is 362 Å². The zero-order valence-corrected chi connectivity index (χ0v) is 38.9. The van der Waals surface area contributed by atoms with E-state index in [1.54, 1.807) is 6.08 Å². The van der Waals surface area contributed by atoms with Crippen molar-refractivity contribution in [3.8, 4) is 0 Å². The molecule has 0 spiro atoms. The lowest BCUT2D eigenvalue weighted by Gasteiger charge is -2.20. The molecule has 0 bridgehead atoms. The number of allylic oxidation sites excluding steroid dienone is 5. The maximum atomic E-state index is 12.5. The second-order valence-electron chi connectivity index (χ2n) is 17.8. The third-order valence-corrected chi connectivity index (χ3v) is 11.9. The molecular weight excluding hydrogens is 715 g/mol.